The minimum atomic E-state index is -0.0545. The second-order valence-corrected chi connectivity index (χ2v) is 19.2. The maximum atomic E-state index is 5.06. The molecule has 0 atom stereocenters. The van der Waals surface area contributed by atoms with Gasteiger partial charge in [-0.05, 0) is 137 Å². The van der Waals surface area contributed by atoms with Crippen molar-refractivity contribution in [3.05, 3.63) is 217 Å². The number of anilines is 8. The molecule has 4 aliphatic heterocycles. The Hall–Kier alpha value is -8.61. The number of fused-ring (bicyclic) bond motifs is 11. The maximum Gasteiger partial charge on any atom is 0.333 e. The number of aromatic nitrogens is 3. The largest absolute Gasteiger partial charge is 0.376 e. The highest BCUT2D eigenvalue weighted by molar-refractivity contribution is 6.93. The Morgan fingerprint density at radius 1 is 0.420 bits per heavy atom. The molecule has 0 amide bonds. The van der Waals surface area contributed by atoms with Gasteiger partial charge in [-0.3, -0.25) is 9.97 Å². The standard InChI is InChI=1S/C61H42B2N6/c1-37-30-38(2)60(39(3)31-37)67-56-35-64-29-28-51(56)63-59-49(34-65-36-57(59)67)48-33-41(32-47-45-17-8-11-21-53(45)69(63)61(47)48)40-24-26-43(27-25-40)68-52-20-10-7-16-44(52)46-18-13-23-55-58(46)62(68)50-19-9-12-22-54(50)66(55)42-14-5-4-6-15-42/h4-36H,1-3H3. The SMILES string of the molecule is Cc1cc(C)c(N2c3cnccc3B3c4c(cncc42)-c2cc(-c4ccc(N5B6c7ccccc7N(c7ccccc7)c7cccc(c76)-c6ccccc65)cc4)cc4c5ccccc5n3c24)c(C)c1. The van der Waals surface area contributed by atoms with Gasteiger partial charge in [0.25, 0.3) is 0 Å². The Labute approximate surface area is 401 Å². The molecule has 0 spiro atoms. The van der Waals surface area contributed by atoms with Gasteiger partial charge in [0.15, 0.2) is 0 Å². The predicted molar refractivity (Wildman–Crippen MR) is 289 cm³/mol. The van der Waals surface area contributed by atoms with Gasteiger partial charge in [-0.1, -0.05) is 115 Å². The van der Waals surface area contributed by atoms with E-state index in [0.29, 0.717) is 0 Å². The van der Waals surface area contributed by atoms with Crippen LogP contribution in [0.25, 0.3) is 55.2 Å². The molecule has 11 aromatic rings. The number of hydrogen-bond acceptors (Lipinski definition) is 5. The summed E-state index contributed by atoms with van der Waals surface area (Å²) in [5.41, 5.74) is 27.9. The van der Waals surface area contributed by atoms with Crippen LogP contribution in [-0.4, -0.2) is 28.1 Å². The molecule has 0 saturated heterocycles. The van der Waals surface area contributed by atoms with Crippen molar-refractivity contribution in [1.82, 2.24) is 14.4 Å². The zero-order valence-corrected chi connectivity index (χ0v) is 38.4. The third-order valence-electron chi connectivity index (χ3n) is 15.3. The zero-order valence-electron chi connectivity index (χ0n) is 38.4. The molecule has 15 rings (SSSR count). The third kappa shape index (κ3) is 5.23. The van der Waals surface area contributed by atoms with E-state index in [4.69, 9.17) is 9.97 Å². The molecular formula is C61H42B2N6. The number of para-hydroxylation sites is 4. The summed E-state index contributed by atoms with van der Waals surface area (Å²) in [4.78, 5) is 17.2. The van der Waals surface area contributed by atoms with Gasteiger partial charge in [0.1, 0.15) is 0 Å². The number of pyridine rings is 2. The summed E-state index contributed by atoms with van der Waals surface area (Å²) >= 11 is 0. The molecule has 4 aliphatic rings. The first kappa shape index (κ1) is 38.5. The van der Waals surface area contributed by atoms with Gasteiger partial charge in [-0.2, -0.15) is 0 Å². The fourth-order valence-electron chi connectivity index (χ4n) is 12.8. The summed E-state index contributed by atoms with van der Waals surface area (Å²) in [6.07, 6.45) is 8.17. The summed E-state index contributed by atoms with van der Waals surface area (Å²) in [6.45, 7) is 6.55. The van der Waals surface area contributed by atoms with Gasteiger partial charge in [-0.25, -0.2) is 0 Å². The summed E-state index contributed by atoms with van der Waals surface area (Å²) in [5.74, 6) is 0. The van der Waals surface area contributed by atoms with Crippen molar-refractivity contribution < 1.29 is 0 Å². The summed E-state index contributed by atoms with van der Waals surface area (Å²) < 4.78 is 2.60. The number of benzene rings is 8. The lowest BCUT2D eigenvalue weighted by atomic mass is 9.43. The summed E-state index contributed by atoms with van der Waals surface area (Å²) in [5, 5.41) is 2.50. The van der Waals surface area contributed by atoms with E-state index in [-0.39, 0.29) is 13.7 Å². The van der Waals surface area contributed by atoms with Crippen molar-refractivity contribution in [2.24, 2.45) is 0 Å². The van der Waals surface area contributed by atoms with Crippen molar-refractivity contribution in [2.45, 2.75) is 20.8 Å². The molecule has 8 aromatic carbocycles. The minimum absolute atomic E-state index is 0.0299. The normalized spacial score (nSPS) is 13.6. The second-order valence-electron chi connectivity index (χ2n) is 19.2. The lowest BCUT2D eigenvalue weighted by Gasteiger charge is -2.45. The predicted octanol–water partition coefficient (Wildman–Crippen LogP) is 12.3. The molecule has 0 saturated carbocycles. The smallest absolute Gasteiger partial charge is 0.333 e. The van der Waals surface area contributed by atoms with Crippen LogP contribution in [-0.2, 0) is 0 Å². The van der Waals surface area contributed by atoms with Crippen molar-refractivity contribution in [1.29, 1.82) is 0 Å². The molecule has 0 N–H and O–H groups in total. The first-order chi connectivity index (χ1) is 34.0. The highest BCUT2D eigenvalue weighted by Crippen LogP contribution is 2.49. The Morgan fingerprint density at radius 2 is 1.12 bits per heavy atom. The van der Waals surface area contributed by atoms with Gasteiger partial charge in [0, 0.05) is 79.3 Å². The van der Waals surface area contributed by atoms with Crippen molar-refractivity contribution >= 4 is 103 Å². The van der Waals surface area contributed by atoms with Crippen LogP contribution < -0.4 is 36.5 Å². The topological polar surface area (TPSA) is 40.4 Å². The number of aryl methyl sites for hydroxylation is 3. The summed E-state index contributed by atoms with van der Waals surface area (Å²) in [7, 11) is 0. The molecular weight excluding hydrogens is 838 g/mol. The van der Waals surface area contributed by atoms with E-state index < -0.39 is 0 Å². The fraction of sp³-hybridized carbons (Fsp3) is 0.0492. The molecule has 322 valence electrons. The molecule has 0 radical (unpaired) electrons. The van der Waals surface area contributed by atoms with E-state index in [1.54, 1.807) is 0 Å². The average Bonchev–Trinajstić information content (AvgIpc) is 3.72. The van der Waals surface area contributed by atoms with Gasteiger partial charge in [0.05, 0.1) is 29.5 Å². The van der Waals surface area contributed by atoms with Crippen LogP contribution >= 0.6 is 0 Å². The van der Waals surface area contributed by atoms with Gasteiger partial charge < -0.3 is 19.1 Å². The molecule has 7 heterocycles. The van der Waals surface area contributed by atoms with Crippen molar-refractivity contribution in [2.75, 3.05) is 14.6 Å². The lowest BCUT2D eigenvalue weighted by Crippen LogP contribution is -2.61. The Morgan fingerprint density at radius 3 is 1.97 bits per heavy atom. The van der Waals surface area contributed by atoms with Crippen LogP contribution in [0.1, 0.15) is 16.7 Å². The van der Waals surface area contributed by atoms with Crippen LogP contribution in [0.15, 0.2) is 201 Å². The van der Waals surface area contributed by atoms with E-state index in [1.807, 2.05) is 12.4 Å². The Bertz CT molecular complexity index is 3970. The second kappa shape index (κ2) is 14.2. The van der Waals surface area contributed by atoms with Crippen LogP contribution in [0.4, 0.5) is 45.5 Å². The molecule has 0 aliphatic carbocycles. The minimum Gasteiger partial charge on any atom is -0.376 e. The van der Waals surface area contributed by atoms with Gasteiger partial charge in [-0.15, -0.1) is 0 Å². The fourth-order valence-corrected chi connectivity index (χ4v) is 12.8. The number of rotatable bonds is 4. The monoisotopic (exact) mass is 880 g/mol. The lowest BCUT2D eigenvalue weighted by molar-refractivity contribution is 1.16. The molecule has 8 heteroatoms. The molecule has 69 heavy (non-hydrogen) atoms. The molecule has 3 aromatic heterocycles. The Kier molecular flexibility index (Phi) is 7.92. The van der Waals surface area contributed by atoms with E-state index >= 15 is 0 Å². The molecule has 0 unspecified atom stereocenters. The van der Waals surface area contributed by atoms with Crippen molar-refractivity contribution in [3.8, 4) is 33.4 Å². The van der Waals surface area contributed by atoms with Crippen LogP contribution in [0.2, 0.25) is 0 Å². The van der Waals surface area contributed by atoms with Gasteiger partial charge in [0.2, 0.25) is 0 Å². The van der Waals surface area contributed by atoms with Crippen LogP contribution in [0.3, 0.4) is 0 Å². The Balaban J connectivity index is 0.915. The van der Waals surface area contributed by atoms with E-state index in [9.17, 15) is 0 Å². The zero-order chi connectivity index (χ0) is 45.6. The van der Waals surface area contributed by atoms with Crippen molar-refractivity contribution in [3.63, 3.8) is 0 Å². The van der Waals surface area contributed by atoms with Crippen LogP contribution in [0, 0.1) is 20.8 Å². The van der Waals surface area contributed by atoms with E-state index in [2.05, 4.69) is 228 Å². The molecule has 0 fully saturated rings. The quantitative estimate of drug-likeness (QED) is 0.165. The van der Waals surface area contributed by atoms with E-state index in [0.717, 1.165) is 22.7 Å². The first-order valence-electron chi connectivity index (χ1n) is 23.9. The van der Waals surface area contributed by atoms with Crippen LogP contribution in [0.5, 0.6) is 0 Å². The highest BCUT2D eigenvalue weighted by Gasteiger charge is 2.46. The summed E-state index contributed by atoms with van der Waals surface area (Å²) in [6, 6.07) is 65.4. The molecule has 0 bridgehead atoms. The maximum absolute atomic E-state index is 5.06. The first-order valence-corrected chi connectivity index (χ1v) is 23.9. The van der Waals surface area contributed by atoms with Gasteiger partial charge >= 0.3 is 13.7 Å². The highest BCUT2D eigenvalue weighted by atomic mass is 15.2. The van der Waals surface area contributed by atoms with E-state index in [1.165, 1.54) is 116 Å². The number of nitrogens with zero attached hydrogens (tertiary/aromatic N) is 6. The third-order valence-corrected chi connectivity index (χ3v) is 15.3. The molecule has 6 nitrogen and oxygen atoms in total. The number of hydrogen-bond donors (Lipinski definition) is 0. The average molecular weight is 881 g/mol.